The van der Waals surface area contributed by atoms with E-state index < -0.39 is 0 Å². The Morgan fingerprint density at radius 2 is 1.80 bits per heavy atom. The highest BCUT2D eigenvalue weighted by molar-refractivity contribution is 8.03. The fraction of sp³-hybridized carbons (Fsp3) is 0.118. The highest BCUT2D eigenvalue weighted by Crippen LogP contribution is 2.44. The molecule has 0 saturated carbocycles. The van der Waals surface area contributed by atoms with Gasteiger partial charge in [0.1, 0.15) is 0 Å². The van der Waals surface area contributed by atoms with Gasteiger partial charge in [0.2, 0.25) is 0 Å². The van der Waals surface area contributed by atoms with Crippen LogP contribution in [-0.4, -0.2) is 12.8 Å². The molecule has 0 fully saturated rings. The van der Waals surface area contributed by atoms with Crippen LogP contribution in [0.1, 0.15) is 16.8 Å². The van der Waals surface area contributed by atoms with Crippen LogP contribution in [0.4, 0.5) is 5.69 Å². The lowest BCUT2D eigenvalue weighted by Crippen LogP contribution is -2.10. The summed E-state index contributed by atoms with van der Waals surface area (Å²) >= 11 is 1.72. The molecule has 3 heteroatoms. The van der Waals surface area contributed by atoms with Gasteiger partial charge in [0.05, 0.1) is 10.7 Å². The standard InChI is InChI=1S/C17H15NOS/c1-18-14-9-5-6-10-16(14)20-17(18)12-11-15(19)13-7-3-2-4-8-13/h2-10,12H,11H2,1H3. The summed E-state index contributed by atoms with van der Waals surface area (Å²) < 4.78 is 0. The number of Topliss-reactive ketones (excluding diaryl/α,β-unsaturated/α-hetero) is 1. The zero-order valence-corrected chi connectivity index (χ0v) is 12.1. The van der Waals surface area contributed by atoms with Gasteiger partial charge in [-0.15, -0.1) is 0 Å². The average molecular weight is 281 g/mol. The Balaban J connectivity index is 1.74. The molecule has 3 rings (SSSR count). The van der Waals surface area contributed by atoms with E-state index >= 15 is 0 Å². The van der Waals surface area contributed by atoms with E-state index in [9.17, 15) is 4.79 Å². The zero-order chi connectivity index (χ0) is 13.9. The van der Waals surface area contributed by atoms with Gasteiger partial charge in [-0.25, -0.2) is 0 Å². The molecule has 1 aliphatic heterocycles. The van der Waals surface area contributed by atoms with Crippen LogP contribution in [0, 0.1) is 0 Å². The molecule has 2 aromatic carbocycles. The summed E-state index contributed by atoms with van der Waals surface area (Å²) in [5.41, 5.74) is 1.98. The normalized spacial score (nSPS) is 15.4. The van der Waals surface area contributed by atoms with Crippen LogP contribution in [0.2, 0.25) is 0 Å². The van der Waals surface area contributed by atoms with Crippen molar-refractivity contribution in [3.05, 3.63) is 71.3 Å². The molecule has 1 aliphatic rings. The van der Waals surface area contributed by atoms with Crippen molar-refractivity contribution in [2.75, 3.05) is 11.9 Å². The second-order valence-corrected chi connectivity index (χ2v) is 5.73. The van der Waals surface area contributed by atoms with Gasteiger partial charge in [-0.2, -0.15) is 0 Å². The van der Waals surface area contributed by atoms with Crippen molar-refractivity contribution in [1.29, 1.82) is 0 Å². The van der Waals surface area contributed by atoms with Gasteiger partial charge in [-0.1, -0.05) is 54.2 Å². The van der Waals surface area contributed by atoms with E-state index in [0.29, 0.717) is 6.42 Å². The number of nitrogens with zero attached hydrogens (tertiary/aromatic N) is 1. The molecular weight excluding hydrogens is 266 g/mol. The topological polar surface area (TPSA) is 20.3 Å². The van der Waals surface area contributed by atoms with E-state index in [1.807, 2.05) is 55.6 Å². The summed E-state index contributed by atoms with van der Waals surface area (Å²) in [5.74, 6) is 0.156. The summed E-state index contributed by atoms with van der Waals surface area (Å²) in [5, 5.41) is 1.12. The molecule has 0 saturated heterocycles. The minimum absolute atomic E-state index is 0.156. The number of fused-ring (bicyclic) bond motifs is 1. The Labute approximate surface area is 123 Å². The number of thioether (sulfide) groups is 1. The Morgan fingerprint density at radius 3 is 2.55 bits per heavy atom. The van der Waals surface area contributed by atoms with Gasteiger partial charge in [-0.3, -0.25) is 4.79 Å². The maximum Gasteiger partial charge on any atom is 0.166 e. The minimum Gasteiger partial charge on any atom is -0.338 e. The summed E-state index contributed by atoms with van der Waals surface area (Å²) in [6.07, 6.45) is 2.45. The lowest BCUT2D eigenvalue weighted by atomic mass is 10.1. The second-order valence-electron chi connectivity index (χ2n) is 4.66. The largest absolute Gasteiger partial charge is 0.338 e. The van der Waals surface area contributed by atoms with Crippen molar-refractivity contribution in [2.45, 2.75) is 11.3 Å². The van der Waals surface area contributed by atoms with Gasteiger partial charge in [-0.05, 0) is 18.2 Å². The number of allylic oxidation sites excluding steroid dienone is 1. The third-order valence-electron chi connectivity index (χ3n) is 3.33. The minimum atomic E-state index is 0.156. The number of ketones is 1. The third-order valence-corrected chi connectivity index (χ3v) is 4.54. The third kappa shape index (κ3) is 2.49. The predicted octanol–water partition coefficient (Wildman–Crippen LogP) is 4.34. The molecule has 2 nitrogen and oxygen atoms in total. The van der Waals surface area contributed by atoms with Crippen LogP contribution < -0.4 is 4.90 Å². The quantitative estimate of drug-likeness (QED) is 0.780. The van der Waals surface area contributed by atoms with Crippen LogP contribution in [0.25, 0.3) is 0 Å². The number of para-hydroxylation sites is 1. The molecule has 2 aromatic rings. The molecular formula is C17H15NOS. The van der Waals surface area contributed by atoms with Gasteiger partial charge in [0.15, 0.2) is 5.78 Å². The first kappa shape index (κ1) is 13.0. The first-order valence-corrected chi connectivity index (χ1v) is 7.36. The summed E-state index contributed by atoms with van der Waals surface area (Å²) in [6.45, 7) is 0. The first-order chi connectivity index (χ1) is 9.75. The number of anilines is 1. The Hall–Kier alpha value is -2.00. The van der Waals surface area contributed by atoms with Gasteiger partial charge in [0.25, 0.3) is 0 Å². The van der Waals surface area contributed by atoms with Crippen LogP contribution in [0.3, 0.4) is 0 Å². The lowest BCUT2D eigenvalue weighted by molar-refractivity contribution is 0.0995. The molecule has 0 aromatic heterocycles. The van der Waals surface area contributed by atoms with Crippen molar-refractivity contribution in [2.24, 2.45) is 0 Å². The van der Waals surface area contributed by atoms with Crippen LogP contribution in [0.15, 0.2) is 70.6 Å². The molecule has 100 valence electrons. The fourth-order valence-corrected chi connectivity index (χ4v) is 3.30. The van der Waals surface area contributed by atoms with Crippen molar-refractivity contribution in [3.8, 4) is 0 Å². The van der Waals surface area contributed by atoms with E-state index in [4.69, 9.17) is 0 Å². The molecule has 0 amide bonds. The lowest BCUT2D eigenvalue weighted by Gasteiger charge is -2.13. The Kier molecular flexibility index (Phi) is 3.61. The van der Waals surface area contributed by atoms with Crippen molar-refractivity contribution in [3.63, 3.8) is 0 Å². The molecule has 0 unspecified atom stereocenters. The van der Waals surface area contributed by atoms with E-state index in [-0.39, 0.29) is 5.78 Å². The predicted molar refractivity (Wildman–Crippen MR) is 84.2 cm³/mol. The van der Waals surface area contributed by atoms with Crippen LogP contribution >= 0.6 is 11.8 Å². The number of hydrogen-bond acceptors (Lipinski definition) is 3. The summed E-state index contributed by atoms with van der Waals surface area (Å²) in [7, 11) is 2.04. The Bertz CT molecular complexity index is 664. The number of benzene rings is 2. The van der Waals surface area contributed by atoms with Gasteiger partial charge < -0.3 is 4.90 Å². The van der Waals surface area contributed by atoms with Crippen molar-refractivity contribution < 1.29 is 4.79 Å². The van der Waals surface area contributed by atoms with E-state index in [2.05, 4.69) is 17.0 Å². The Morgan fingerprint density at radius 1 is 1.10 bits per heavy atom. The van der Waals surface area contributed by atoms with Crippen molar-refractivity contribution in [1.82, 2.24) is 0 Å². The molecule has 0 radical (unpaired) electrons. The maximum absolute atomic E-state index is 12.1. The van der Waals surface area contributed by atoms with E-state index in [0.717, 1.165) is 10.6 Å². The van der Waals surface area contributed by atoms with E-state index in [1.165, 1.54) is 10.6 Å². The number of carbonyl (C=O) groups is 1. The molecule has 0 spiro atoms. The average Bonchev–Trinajstić information content (AvgIpc) is 2.83. The summed E-state index contributed by atoms with van der Waals surface area (Å²) in [4.78, 5) is 15.5. The molecule has 0 aliphatic carbocycles. The highest BCUT2D eigenvalue weighted by atomic mass is 32.2. The molecule has 0 bridgehead atoms. The molecule has 0 atom stereocenters. The number of hydrogen-bond donors (Lipinski definition) is 0. The molecule has 0 N–H and O–H groups in total. The molecule has 1 heterocycles. The maximum atomic E-state index is 12.1. The van der Waals surface area contributed by atoms with Crippen LogP contribution in [0.5, 0.6) is 0 Å². The second kappa shape index (κ2) is 5.55. The number of rotatable bonds is 3. The van der Waals surface area contributed by atoms with Gasteiger partial charge in [0, 0.05) is 23.9 Å². The smallest absolute Gasteiger partial charge is 0.166 e. The monoisotopic (exact) mass is 281 g/mol. The fourth-order valence-electron chi connectivity index (χ4n) is 2.22. The zero-order valence-electron chi connectivity index (χ0n) is 11.2. The highest BCUT2D eigenvalue weighted by Gasteiger charge is 2.21. The summed E-state index contributed by atoms with van der Waals surface area (Å²) in [6, 6.07) is 17.7. The molecule has 20 heavy (non-hydrogen) atoms. The van der Waals surface area contributed by atoms with E-state index in [1.54, 1.807) is 11.8 Å². The van der Waals surface area contributed by atoms with Crippen molar-refractivity contribution >= 4 is 23.2 Å². The first-order valence-electron chi connectivity index (χ1n) is 6.55. The van der Waals surface area contributed by atoms with Crippen LogP contribution in [-0.2, 0) is 0 Å². The van der Waals surface area contributed by atoms with Gasteiger partial charge >= 0.3 is 0 Å². The SMILES string of the molecule is CN1C(=CCC(=O)c2ccccc2)Sc2ccccc21. The number of carbonyl (C=O) groups excluding carboxylic acids is 1.